The van der Waals surface area contributed by atoms with Gasteiger partial charge < -0.3 is 13.9 Å². The van der Waals surface area contributed by atoms with Gasteiger partial charge >= 0.3 is 18.1 Å². The maximum Gasteiger partial charge on any atom is 0.416 e. The van der Waals surface area contributed by atoms with E-state index in [2.05, 4.69) is 0 Å². The van der Waals surface area contributed by atoms with Crippen LogP contribution < -0.4 is 0 Å². The van der Waals surface area contributed by atoms with Crippen LogP contribution in [0.5, 0.6) is 0 Å². The van der Waals surface area contributed by atoms with Crippen molar-refractivity contribution in [3.8, 4) is 0 Å². The standard InChI is InChI=1S/C22H17F3N2O7/c1-3-33-20(29)16-15-11-13(22(23,24)25)8-9-26(15)18(17(16)21(30)34-4-2)19(28)12-6-5-7-14(10-12)27(31)32/h5-11H,3-4H2,1-2H3. The third-order valence-electron chi connectivity index (χ3n) is 4.76. The Morgan fingerprint density at radius 2 is 1.62 bits per heavy atom. The number of nitro groups is 1. The van der Waals surface area contributed by atoms with E-state index >= 15 is 0 Å². The number of hydrogen-bond donors (Lipinski definition) is 0. The zero-order chi connectivity index (χ0) is 25.2. The first-order chi connectivity index (χ1) is 16.0. The summed E-state index contributed by atoms with van der Waals surface area (Å²) in [5.74, 6) is -3.23. The van der Waals surface area contributed by atoms with Crippen molar-refractivity contribution in [2.75, 3.05) is 13.2 Å². The molecular formula is C22H17F3N2O7. The number of carbonyl (C=O) groups excluding carboxylic acids is 3. The molecule has 9 nitrogen and oxygen atoms in total. The molecule has 0 atom stereocenters. The van der Waals surface area contributed by atoms with Gasteiger partial charge in [0.05, 0.1) is 29.2 Å². The van der Waals surface area contributed by atoms with Gasteiger partial charge in [0.25, 0.3) is 5.69 Å². The third-order valence-corrected chi connectivity index (χ3v) is 4.76. The Labute approximate surface area is 189 Å². The first kappa shape index (κ1) is 24.4. The second kappa shape index (κ2) is 9.33. The van der Waals surface area contributed by atoms with Crippen LogP contribution in [0.4, 0.5) is 18.9 Å². The number of halogens is 3. The molecule has 0 aliphatic carbocycles. The van der Waals surface area contributed by atoms with E-state index in [-0.39, 0.29) is 18.8 Å². The van der Waals surface area contributed by atoms with Crippen molar-refractivity contribution in [2.45, 2.75) is 20.0 Å². The molecule has 0 amide bonds. The predicted molar refractivity (Wildman–Crippen MR) is 111 cm³/mol. The van der Waals surface area contributed by atoms with E-state index in [1.165, 1.54) is 26.0 Å². The van der Waals surface area contributed by atoms with Crippen LogP contribution in [0.1, 0.15) is 56.2 Å². The molecule has 0 spiro atoms. The van der Waals surface area contributed by atoms with Crippen LogP contribution in [0, 0.1) is 10.1 Å². The highest BCUT2D eigenvalue weighted by Gasteiger charge is 2.36. The van der Waals surface area contributed by atoms with Crippen molar-refractivity contribution >= 4 is 28.9 Å². The lowest BCUT2D eigenvalue weighted by molar-refractivity contribution is -0.384. The van der Waals surface area contributed by atoms with E-state index in [0.29, 0.717) is 12.1 Å². The molecule has 2 heterocycles. The summed E-state index contributed by atoms with van der Waals surface area (Å²) < 4.78 is 51.0. The molecule has 0 radical (unpaired) electrons. The summed E-state index contributed by atoms with van der Waals surface area (Å²) in [6.45, 7) is 2.59. The SMILES string of the molecule is CCOC(=O)c1c(C(=O)OCC)c2cc(C(F)(F)F)ccn2c1C(=O)c1cccc([N+](=O)[O-])c1. The Hall–Kier alpha value is -4.22. The normalized spacial score (nSPS) is 11.3. The van der Waals surface area contributed by atoms with Gasteiger partial charge in [0.15, 0.2) is 0 Å². The highest BCUT2D eigenvalue weighted by atomic mass is 19.4. The van der Waals surface area contributed by atoms with Crippen molar-refractivity contribution in [3.63, 3.8) is 0 Å². The fourth-order valence-electron chi connectivity index (χ4n) is 3.36. The summed E-state index contributed by atoms with van der Waals surface area (Å²) in [5, 5.41) is 11.1. The highest BCUT2D eigenvalue weighted by Crippen LogP contribution is 2.34. The molecule has 0 fully saturated rings. The van der Waals surface area contributed by atoms with Crippen LogP contribution in [-0.4, -0.2) is 40.3 Å². The minimum atomic E-state index is -4.79. The Morgan fingerprint density at radius 3 is 2.18 bits per heavy atom. The van der Waals surface area contributed by atoms with Crippen LogP contribution in [-0.2, 0) is 15.7 Å². The maximum absolute atomic E-state index is 13.4. The molecular weight excluding hydrogens is 461 g/mol. The van der Waals surface area contributed by atoms with Crippen molar-refractivity contribution in [1.29, 1.82) is 0 Å². The van der Waals surface area contributed by atoms with Gasteiger partial charge in [-0.25, -0.2) is 9.59 Å². The molecule has 0 bridgehead atoms. The molecule has 0 N–H and O–H groups in total. The van der Waals surface area contributed by atoms with E-state index in [0.717, 1.165) is 22.7 Å². The fourth-order valence-corrected chi connectivity index (χ4v) is 3.36. The van der Waals surface area contributed by atoms with Crippen LogP contribution in [0.15, 0.2) is 42.6 Å². The second-order valence-electron chi connectivity index (χ2n) is 6.84. The quantitative estimate of drug-likeness (QED) is 0.213. The number of fused-ring (bicyclic) bond motifs is 1. The maximum atomic E-state index is 13.4. The van der Waals surface area contributed by atoms with E-state index in [1.54, 1.807) is 0 Å². The number of non-ortho nitro benzene ring substituents is 1. The van der Waals surface area contributed by atoms with Crippen LogP contribution >= 0.6 is 0 Å². The lowest BCUT2D eigenvalue weighted by atomic mass is 10.0. The molecule has 2 aromatic heterocycles. The lowest BCUT2D eigenvalue weighted by Gasteiger charge is -2.09. The Balaban J connectivity index is 2.41. The van der Waals surface area contributed by atoms with E-state index < -0.39 is 62.4 Å². The molecule has 3 aromatic rings. The molecule has 0 aliphatic rings. The summed E-state index contributed by atoms with van der Waals surface area (Å²) >= 11 is 0. The average Bonchev–Trinajstić information content (AvgIpc) is 3.13. The van der Waals surface area contributed by atoms with Crippen molar-refractivity contribution in [1.82, 2.24) is 4.40 Å². The fraction of sp³-hybridized carbons (Fsp3) is 0.227. The van der Waals surface area contributed by atoms with Gasteiger partial charge in [-0.05, 0) is 26.0 Å². The number of hydrogen-bond acceptors (Lipinski definition) is 7. The number of rotatable bonds is 7. The highest BCUT2D eigenvalue weighted by molar-refractivity contribution is 6.20. The smallest absolute Gasteiger partial charge is 0.416 e. The lowest BCUT2D eigenvalue weighted by Crippen LogP contribution is -2.17. The number of carbonyl (C=O) groups is 3. The number of ether oxygens (including phenoxy) is 2. The van der Waals surface area contributed by atoms with E-state index in [1.807, 2.05) is 0 Å². The Morgan fingerprint density at radius 1 is 1.00 bits per heavy atom. The van der Waals surface area contributed by atoms with Gasteiger partial charge in [-0.2, -0.15) is 13.2 Å². The number of ketones is 1. The summed E-state index contributed by atoms with van der Waals surface area (Å²) in [5.41, 5.74) is -3.87. The van der Waals surface area contributed by atoms with Crippen LogP contribution in [0.3, 0.4) is 0 Å². The molecule has 0 unspecified atom stereocenters. The van der Waals surface area contributed by atoms with Crippen LogP contribution in [0.25, 0.3) is 5.52 Å². The third kappa shape index (κ3) is 4.47. The number of esters is 2. The monoisotopic (exact) mass is 478 g/mol. The van der Waals surface area contributed by atoms with Gasteiger partial charge in [0, 0.05) is 23.9 Å². The zero-order valence-corrected chi connectivity index (χ0v) is 17.8. The van der Waals surface area contributed by atoms with Gasteiger partial charge in [-0.1, -0.05) is 12.1 Å². The molecule has 0 saturated carbocycles. The number of nitrogens with zero attached hydrogens (tertiary/aromatic N) is 2. The largest absolute Gasteiger partial charge is 0.462 e. The number of benzene rings is 1. The minimum absolute atomic E-state index is 0.161. The van der Waals surface area contributed by atoms with Crippen molar-refractivity contribution < 1.29 is 42.0 Å². The van der Waals surface area contributed by atoms with Gasteiger partial charge in [-0.15, -0.1) is 0 Å². The summed E-state index contributed by atoms with van der Waals surface area (Å²) in [6, 6.07) is 5.83. The van der Waals surface area contributed by atoms with E-state index in [9.17, 15) is 37.7 Å². The molecule has 12 heteroatoms. The van der Waals surface area contributed by atoms with Gasteiger partial charge in [0.1, 0.15) is 16.8 Å². The second-order valence-corrected chi connectivity index (χ2v) is 6.84. The summed E-state index contributed by atoms with van der Waals surface area (Å²) in [7, 11) is 0. The molecule has 3 rings (SSSR count). The van der Waals surface area contributed by atoms with Gasteiger partial charge in [0.2, 0.25) is 5.78 Å². The summed E-state index contributed by atoms with van der Waals surface area (Å²) in [4.78, 5) is 49.4. The van der Waals surface area contributed by atoms with Crippen molar-refractivity contribution in [3.05, 3.63) is 80.7 Å². The number of aromatic nitrogens is 1. The predicted octanol–water partition coefficient (Wildman–Crippen LogP) is 4.45. The average molecular weight is 478 g/mol. The summed E-state index contributed by atoms with van der Waals surface area (Å²) in [6.07, 6.45) is -3.90. The topological polar surface area (TPSA) is 117 Å². The molecule has 178 valence electrons. The Bertz CT molecular complexity index is 1310. The molecule has 0 saturated heterocycles. The molecule has 34 heavy (non-hydrogen) atoms. The van der Waals surface area contributed by atoms with E-state index in [4.69, 9.17) is 9.47 Å². The number of pyridine rings is 1. The first-order valence-electron chi connectivity index (χ1n) is 9.89. The minimum Gasteiger partial charge on any atom is -0.462 e. The number of nitro benzene ring substituents is 1. The molecule has 1 aromatic carbocycles. The zero-order valence-electron chi connectivity index (χ0n) is 17.8. The van der Waals surface area contributed by atoms with Crippen molar-refractivity contribution in [2.24, 2.45) is 0 Å². The molecule has 0 aliphatic heterocycles. The number of alkyl halides is 3. The Kier molecular flexibility index (Phi) is 6.70. The first-order valence-corrected chi connectivity index (χ1v) is 9.89. The van der Waals surface area contributed by atoms with Crippen LogP contribution in [0.2, 0.25) is 0 Å². The van der Waals surface area contributed by atoms with Gasteiger partial charge in [-0.3, -0.25) is 14.9 Å².